The molecule has 10 nitrogen and oxygen atoms in total. The molecule has 2 aromatic heterocycles. The van der Waals surface area contributed by atoms with Crippen LogP contribution >= 0.6 is 23.2 Å². The van der Waals surface area contributed by atoms with E-state index in [1.807, 2.05) is 0 Å². The maximum atomic E-state index is 14.7. The number of nitrogens with zero attached hydrogens (tertiary/aromatic N) is 6. The minimum Gasteiger partial charge on any atom is -0.352 e. The van der Waals surface area contributed by atoms with Crippen LogP contribution in [-0.4, -0.2) is 63.7 Å². The number of hydrogen-bond donors (Lipinski definition) is 0. The van der Waals surface area contributed by atoms with E-state index in [2.05, 4.69) is 15.0 Å². The van der Waals surface area contributed by atoms with Gasteiger partial charge >= 0.3 is 0 Å². The minimum absolute atomic E-state index is 0.0253. The van der Waals surface area contributed by atoms with Gasteiger partial charge in [-0.05, 0) is 36.6 Å². The molecule has 16 heteroatoms. The Bertz CT molecular complexity index is 1500. The molecule has 3 aromatic rings. The summed E-state index contributed by atoms with van der Waals surface area (Å²) < 4.78 is 71.8. The molecule has 2 unspecified atom stereocenters. The zero-order chi connectivity index (χ0) is 26.0. The number of nitro benzene ring substituents is 1. The summed E-state index contributed by atoms with van der Waals surface area (Å²) in [6.45, 7) is -0.520. The molecule has 4 heterocycles. The van der Waals surface area contributed by atoms with Crippen LogP contribution < -0.4 is 4.90 Å². The van der Waals surface area contributed by atoms with Crippen molar-refractivity contribution in [3.8, 4) is 0 Å². The number of nitro groups is 1. The van der Waals surface area contributed by atoms with Crippen molar-refractivity contribution >= 4 is 55.6 Å². The number of anilines is 1. The van der Waals surface area contributed by atoms with Gasteiger partial charge in [-0.25, -0.2) is 31.6 Å². The highest BCUT2D eigenvalue weighted by molar-refractivity contribution is 7.89. The van der Waals surface area contributed by atoms with E-state index in [-0.39, 0.29) is 52.0 Å². The highest BCUT2D eigenvalue weighted by Crippen LogP contribution is 2.47. The van der Waals surface area contributed by atoms with Gasteiger partial charge in [-0.3, -0.25) is 10.1 Å². The van der Waals surface area contributed by atoms with Crippen molar-refractivity contribution < 1.29 is 26.5 Å². The Balaban J connectivity index is 1.59. The average molecular weight is 563 g/mol. The molecule has 2 aliphatic heterocycles. The van der Waals surface area contributed by atoms with Crippen LogP contribution in [0.5, 0.6) is 0 Å². The third kappa shape index (κ3) is 3.74. The quantitative estimate of drug-likeness (QED) is 0.197. The number of non-ortho nitro benzene ring substituents is 1. The van der Waals surface area contributed by atoms with E-state index in [9.17, 15) is 31.7 Å². The zero-order valence-electron chi connectivity index (χ0n) is 18.0. The number of sulfonamides is 1. The monoisotopic (exact) mass is 562 g/mol. The van der Waals surface area contributed by atoms with Gasteiger partial charge in [0.15, 0.2) is 11.0 Å². The molecular formula is C20H15Cl2F3N6O4S. The fourth-order valence-corrected chi connectivity index (χ4v) is 7.21. The van der Waals surface area contributed by atoms with Gasteiger partial charge in [0, 0.05) is 37.5 Å². The van der Waals surface area contributed by atoms with Crippen LogP contribution in [-0.2, 0) is 10.0 Å². The van der Waals surface area contributed by atoms with Crippen LogP contribution in [0.2, 0.25) is 10.4 Å². The summed E-state index contributed by atoms with van der Waals surface area (Å²) in [4.78, 5) is 23.0. The lowest BCUT2D eigenvalue weighted by atomic mass is 9.97. The lowest BCUT2D eigenvalue weighted by Gasteiger charge is -2.47. The Morgan fingerprint density at radius 3 is 2.53 bits per heavy atom. The third-order valence-corrected chi connectivity index (χ3v) is 8.96. The second-order valence-electron chi connectivity index (χ2n) is 8.47. The van der Waals surface area contributed by atoms with E-state index in [0.29, 0.717) is 0 Å². The molecule has 0 aliphatic carbocycles. The predicted molar refractivity (Wildman–Crippen MR) is 123 cm³/mol. The Kier molecular flexibility index (Phi) is 5.97. The summed E-state index contributed by atoms with van der Waals surface area (Å²) in [6, 6.07) is 3.16. The number of hydrogen-bond acceptors (Lipinski definition) is 8. The number of alkyl halides is 2. The van der Waals surface area contributed by atoms with E-state index >= 15 is 0 Å². The van der Waals surface area contributed by atoms with Crippen molar-refractivity contribution in [1.29, 1.82) is 0 Å². The van der Waals surface area contributed by atoms with Crippen LogP contribution in [0.25, 0.3) is 10.9 Å². The van der Waals surface area contributed by atoms with Gasteiger partial charge in [0.2, 0.25) is 15.3 Å². The Labute approximate surface area is 211 Å². The first kappa shape index (κ1) is 24.9. The van der Waals surface area contributed by atoms with Gasteiger partial charge in [0.05, 0.1) is 15.2 Å². The molecule has 36 heavy (non-hydrogen) atoms. The van der Waals surface area contributed by atoms with Crippen LogP contribution in [0, 0.1) is 15.9 Å². The number of pyridine rings is 1. The number of halogens is 5. The first-order chi connectivity index (χ1) is 17.0. The van der Waals surface area contributed by atoms with Crippen LogP contribution in [0.1, 0.15) is 12.8 Å². The highest BCUT2D eigenvalue weighted by Gasteiger charge is 2.61. The van der Waals surface area contributed by atoms with E-state index in [1.54, 1.807) is 0 Å². The number of benzene rings is 1. The Morgan fingerprint density at radius 2 is 1.89 bits per heavy atom. The molecule has 1 aromatic carbocycles. The molecule has 2 atom stereocenters. The topological polar surface area (TPSA) is 122 Å². The molecule has 2 fully saturated rings. The van der Waals surface area contributed by atoms with E-state index in [0.717, 1.165) is 28.6 Å². The van der Waals surface area contributed by atoms with Gasteiger partial charge in [-0.1, -0.05) is 11.6 Å². The van der Waals surface area contributed by atoms with E-state index in [1.165, 1.54) is 11.1 Å². The van der Waals surface area contributed by atoms with Gasteiger partial charge in [-0.15, -0.1) is 0 Å². The predicted octanol–water partition coefficient (Wildman–Crippen LogP) is 4.06. The minimum atomic E-state index is -4.46. The van der Waals surface area contributed by atoms with Gasteiger partial charge in [0.1, 0.15) is 16.9 Å². The second-order valence-corrected chi connectivity index (χ2v) is 11.0. The van der Waals surface area contributed by atoms with Gasteiger partial charge in [-0.2, -0.15) is 9.29 Å². The number of rotatable bonds is 5. The molecule has 190 valence electrons. The first-order valence-electron chi connectivity index (χ1n) is 10.4. The Hall–Kier alpha value is -2.81. The largest absolute Gasteiger partial charge is 0.352 e. The summed E-state index contributed by atoms with van der Waals surface area (Å²) in [5.74, 6) is -0.928. The number of piperazine rings is 1. The van der Waals surface area contributed by atoms with Crippen molar-refractivity contribution in [2.24, 2.45) is 0 Å². The Morgan fingerprint density at radius 1 is 1.19 bits per heavy atom. The highest BCUT2D eigenvalue weighted by atomic mass is 35.5. The van der Waals surface area contributed by atoms with Crippen molar-refractivity contribution in [1.82, 2.24) is 19.3 Å². The van der Waals surface area contributed by atoms with Crippen LogP contribution in [0.3, 0.4) is 0 Å². The van der Waals surface area contributed by atoms with Crippen LogP contribution in [0.4, 0.5) is 24.7 Å². The van der Waals surface area contributed by atoms with Crippen LogP contribution in [0.15, 0.2) is 35.4 Å². The van der Waals surface area contributed by atoms with Crippen molar-refractivity contribution in [2.45, 2.75) is 35.7 Å². The smallest absolute Gasteiger partial charge is 0.269 e. The molecule has 0 radical (unpaired) electrons. The normalized spacial score (nSPS) is 22.5. The first-order valence-corrected chi connectivity index (χ1v) is 12.6. The standard InChI is InChI=1S/C20H15Cl2F3N6O4S/c21-16-14(23)15-13(7-26-16)17(28-19(22)27-15)29-8-11-5-6-20(9-29,18(24)25)30(11)36(34,35)12-3-1-10(2-4-12)31(32)33/h1-4,7,11,18H,5-6,8-9H2. The maximum absolute atomic E-state index is 14.7. The number of fused-ring (bicyclic) bond motifs is 3. The summed E-state index contributed by atoms with van der Waals surface area (Å²) in [6.07, 6.45) is -1.91. The van der Waals surface area contributed by atoms with Gasteiger partial charge in [0.25, 0.3) is 12.1 Å². The fourth-order valence-electron chi connectivity index (χ4n) is 4.93. The summed E-state index contributed by atoms with van der Waals surface area (Å²) in [5.41, 5.74) is -2.71. The summed E-state index contributed by atoms with van der Waals surface area (Å²) in [5, 5.41) is 10.2. The molecular weight excluding hydrogens is 548 g/mol. The maximum Gasteiger partial charge on any atom is 0.269 e. The lowest BCUT2D eigenvalue weighted by Crippen LogP contribution is -2.66. The van der Waals surface area contributed by atoms with Crippen molar-refractivity contribution in [2.75, 3.05) is 18.0 Å². The van der Waals surface area contributed by atoms with E-state index in [4.69, 9.17) is 23.2 Å². The molecule has 2 bridgehead atoms. The molecule has 0 N–H and O–H groups in total. The van der Waals surface area contributed by atoms with Gasteiger partial charge < -0.3 is 4.90 Å². The fraction of sp³-hybridized carbons (Fsp3) is 0.350. The SMILES string of the molecule is O=[N+]([O-])c1ccc(S(=O)(=O)N2C3CCC2(C(F)F)CN(c2nc(Cl)nc4c(F)c(Cl)ncc24)C3)cc1. The summed E-state index contributed by atoms with van der Waals surface area (Å²) in [7, 11) is -4.46. The average Bonchev–Trinajstić information content (AvgIpc) is 3.10. The molecule has 5 rings (SSSR count). The second kappa shape index (κ2) is 8.64. The molecule has 0 spiro atoms. The van der Waals surface area contributed by atoms with Crippen molar-refractivity contribution in [3.63, 3.8) is 0 Å². The lowest BCUT2D eigenvalue weighted by molar-refractivity contribution is -0.384. The summed E-state index contributed by atoms with van der Waals surface area (Å²) >= 11 is 11.7. The van der Waals surface area contributed by atoms with E-state index < -0.39 is 50.5 Å². The number of aromatic nitrogens is 3. The van der Waals surface area contributed by atoms with Crippen molar-refractivity contribution in [3.05, 3.63) is 56.8 Å². The molecule has 0 amide bonds. The molecule has 0 saturated carbocycles. The molecule has 2 saturated heterocycles. The molecule has 2 aliphatic rings. The third-order valence-electron chi connectivity index (χ3n) is 6.48. The zero-order valence-corrected chi connectivity index (χ0v) is 20.3.